The number of amides is 2. The van der Waals surface area contributed by atoms with E-state index in [1.54, 1.807) is 4.90 Å². The molecule has 2 saturated heterocycles. The van der Waals surface area contributed by atoms with Gasteiger partial charge in [0, 0.05) is 30.7 Å². The van der Waals surface area contributed by atoms with Crippen LogP contribution in [0.5, 0.6) is 0 Å². The fourth-order valence-corrected chi connectivity index (χ4v) is 4.47. The molecule has 0 radical (unpaired) electrons. The van der Waals surface area contributed by atoms with E-state index in [1.807, 2.05) is 36.1 Å². The van der Waals surface area contributed by atoms with Gasteiger partial charge in [-0.3, -0.25) is 9.59 Å². The third-order valence-electron chi connectivity index (χ3n) is 5.77. The lowest BCUT2D eigenvalue weighted by Crippen LogP contribution is -2.51. The zero-order valence-electron chi connectivity index (χ0n) is 17.3. The predicted octanol–water partition coefficient (Wildman–Crippen LogP) is 3.03. The lowest BCUT2D eigenvalue weighted by atomic mass is 10.1. The molecule has 4 rings (SSSR count). The van der Waals surface area contributed by atoms with Crippen LogP contribution in [0.4, 0.5) is 5.69 Å². The largest absolute Gasteiger partial charge is 0.461 e. The van der Waals surface area contributed by atoms with Crippen LogP contribution in [0.2, 0.25) is 0 Å². The fraction of sp³-hybridized carbons (Fsp3) is 0.500. The summed E-state index contributed by atoms with van der Waals surface area (Å²) in [5.41, 5.74) is 1.66. The van der Waals surface area contributed by atoms with Crippen LogP contribution in [-0.4, -0.2) is 58.9 Å². The van der Waals surface area contributed by atoms with Crippen molar-refractivity contribution in [1.29, 1.82) is 0 Å². The predicted molar refractivity (Wildman–Crippen MR) is 120 cm³/mol. The lowest BCUT2D eigenvalue weighted by molar-refractivity contribution is -0.140. The molecule has 1 aromatic heterocycles. The van der Waals surface area contributed by atoms with Crippen LogP contribution in [0.1, 0.15) is 37.9 Å². The highest BCUT2D eigenvalue weighted by molar-refractivity contribution is 7.80. The maximum atomic E-state index is 13.1. The number of likely N-dealkylation sites (tertiary alicyclic amines) is 2. The number of hydrogen-bond donors (Lipinski definition) is 2. The van der Waals surface area contributed by atoms with Crippen molar-refractivity contribution in [2.24, 2.45) is 0 Å². The summed E-state index contributed by atoms with van der Waals surface area (Å²) in [7, 11) is 0. The van der Waals surface area contributed by atoms with Crippen molar-refractivity contribution < 1.29 is 14.0 Å². The molecule has 1 atom stereocenters. The Labute approximate surface area is 181 Å². The molecular weight excluding hydrogens is 400 g/mol. The van der Waals surface area contributed by atoms with Gasteiger partial charge in [-0.1, -0.05) is 0 Å². The molecular formula is C22H28N4O3S. The molecule has 7 nitrogen and oxygen atoms in total. The number of fused-ring (bicyclic) bond motifs is 1. The molecule has 160 valence electrons. The van der Waals surface area contributed by atoms with Gasteiger partial charge in [0.15, 0.2) is 5.11 Å². The van der Waals surface area contributed by atoms with Crippen LogP contribution in [0.15, 0.2) is 28.7 Å². The summed E-state index contributed by atoms with van der Waals surface area (Å²) in [5.74, 6) is 0.853. The van der Waals surface area contributed by atoms with Crippen molar-refractivity contribution in [1.82, 2.24) is 15.1 Å². The molecule has 2 fully saturated rings. The minimum atomic E-state index is -0.418. The van der Waals surface area contributed by atoms with E-state index in [-0.39, 0.29) is 18.4 Å². The number of nitrogens with one attached hydrogen (secondary N) is 2. The number of aryl methyl sites for hydroxylation is 1. The minimum Gasteiger partial charge on any atom is -0.461 e. The summed E-state index contributed by atoms with van der Waals surface area (Å²) in [5, 5.41) is 7.73. The lowest BCUT2D eigenvalue weighted by Gasteiger charge is -2.27. The van der Waals surface area contributed by atoms with Gasteiger partial charge in [0.05, 0.1) is 6.54 Å². The minimum absolute atomic E-state index is 0.0471. The van der Waals surface area contributed by atoms with E-state index in [0.717, 1.165) is 61.2 Å². The first-order chi connectivity index (χ1) is 14.5. The van der Waals surface area contributed by atoms with Crippen molar-refractivity contribution >= 4 is 45.8 Å². The zero-order chi connectivity index (χ0) is 21.1. The van der Waals surface area contributed by atoms with Crippen LogP contribution in [0.25, 0.3) is 11.0 Å². The first-order valence-corrected chi connectivity index (χ1v) is 11.0. The van der Waals surface area contributed by atoms with Gasteiger partial charge >= 0.3 is 0 Å². The Bertz CT molecular complexity index is 951. The normalized spacial score (nSPS) is 19.8. The van der Waals surface area contributed by atoms with Crippen molar-refractivity contribution in [3.8, 4) is 0 Å². The number of carbonyl (C=O) groups is 2. The third kappa shape index (κ3) is 4.75. The molecule has 8 heteroatoms. The van der Waals surface area contributed by atoms with Gasteiger partial charge in [-0.25, -0.2) is 0 Å². The number of furan rings is 1. The molecule has 2 amide bonds. The second-order valence-electron chi connectivity index (χ2n) is 8.10. The first kappa shape index (κ1) is 20.7. The first-order valence-electron chi connectivity index (χ1n) is 10.6. The van der Waals surface area contributed by atoms with Crippen molar-refractivity contribution in [2.75, 3.05) is 31.5 Å². The van der Waals surface area contributed by atoms with Gasteiger partial charge in [0.25, 0.3) is 0 Å². The van der Waals surface area contributed by atoms with Gasteiger partial charge in [-0.15, -0.1) is 0 Å². The van der Waals surface area contributed by atoms with E-state index in [0.29, 0.717) is 18.1 Å². The van der Waals surface area contributed by atoms with E-state index in [1.165, 1.54) is 0 Å². The highest BCUT2D eigenvalue weighted by Gasteiger charge is 2.30. The quantitative estimate of drug-likeness (QED) is 0.729. The van der Waals surface area contributed by atoms with E-state index >= 15 is 0 Å². The van der Waals surface area contributed by atoms with Crippen molar-refractivity contribution in [2.45, 2.75) is 45.1 Å². The van der Waals surface area contributed by atoms with Crippen LogP contribution in [0.3, 0.4) is 0 Å². The number of carbonyl (C=O) groups excluding carboxylic acids is 2. The van der Waals surface area contributed by atoms with Gasteiger partial charge < -0.3 is 24.9 Å². The van der Waals surface area contributed by atoms with E-state index in [4.69, 9.17) is 16.6 Å². The topological polar surface area (TPSA) is 77.8 Å². The summed E-state index contributed by atoms with van der Waals surface area (Å²) < 4.78 is 5.60. The molecule has 0 aliphatic carbocycles. The smallest absolute Gasteiger partial charge is 0.245 e. The monoisotopic (exact) mass is 428 g/mol. The van der Waals surface area contributed by atoms with Crippen molar-refractivity contribution in [3.63, 3.8) is 0 Å². The molecule has 3 heterocycles. The second kappa shape index (κ2) is 9.04. The third-order valence-corrected chi connectivity index (χ3v) is 5.99. The molecule has 2 aromatic rings. The van der Waals surface area contributed by atoms with E-state index < -0.39 is 6.04 Å². The van der Waals surface area contributed by atoms with Gasteiger partial charge in [-0.05, 0) is 75.5 Å². The summed E-state index contributed by atoms with van der Waals surface area (Å²) in [4.78, 5) is 29.1. The van der Waals surface area contributed by atoms with Gasteiger partial charge in [0.1, 0.15) is 17.4 Å². The molecule has 1 unspecified atom stereocenters. The standard InChI is InChI=1S/C22H28N4O3S/c1-15-12-16-13-17(7-8-19(16)29-15)23-22(30)24-18-6-2-3-11-26(21(18)28)14-20(27)25-9-4-5-10-25/h7-8,12-13,18H,2-6,9-11,14H2,1H3,(H2,23,24,30). The summed E-state index contributed by atoms with van der Waals surface area (Å²) in [6, 6.07) is 7.32. The molecule has 2 N–H and O–H groups in total. The SMILES string of the molecule is Cc1cc2cc(NC(=S)NC3CCCCN(CC(=O)N4CCCC4)C3=O)ccc2o1. The number of rotatable bonds is 4. The maximum Gasteiger partial charge on any atom is 0.245 e. The average Bonchev–Trinajstić information content (AvgIpc) is 3.34. The Morgan fingerprint density at radius 1 is 1.17 bits per heavy atom. The number of hydrogen-bond acceptors (Lipinski definition) is 4. The molecule has 30 heavy (non-hydrogen) atoms. The molecule has 0 bridgehead atoms. The maximum absolute atomic E-state index is 13.1. The Hall–Kier alpha value is -2.61. The highest BCUT2D eigenvalue weighted by atomic mass is 32.1. The molecule has 2 aliphatic rings. The Morgan fingerprint density at radius 3 is 2.73 bits per heavy atom. The Morgan fingerprint density at radius 2 is 1.93 bits per heavy atom. The average molecular weight is 429 g/mol. The van der Waals surface area contributed by atoms with E-state index in [9.17, 15) is 9.59 Å². The fourth-order valence-electron chi connectivity index (χ4n) is 4.21. The number of nitrogens with zero attached hydrogens (tertiary/aromatic N) is 2. The molecule has 1 aromatic carbocycles. The van der Waals surface area contributed by atoms with Crippen LogP contribution < -0.4 is 10.6 Å². The molecule has 0 saturated carbocycles. The van der Waals surface area contributed by atoms with Crippen LogP contribution in [0, 0.1) is 6.92 Å². The van der Waals surface area contributed by atoms with Gasteiger partial charge in [-0.2, -0.15) is 0 Å². The molecule has 0 spiro atoms. The summed E-state index contributed by atoms with van der Waals surface area (Å²) in [6.07, 6.45) is 4.62. The van der Waals surface area contributed by atoms with Gasteiger partial charge in [0.2, 0.25) is 11.8 Å². The number of benzene rings is 1. The summed E-state index contributed by atoms with van der Waals surface area (Å²) >= 11 is 5.46. The highest BCUT2D eigenvalue weighted by Crippen LogP contribution is 2.23. The number of thiocarbonyl (C=S) groups is 1. The second-order valence-corrected chi connectivity index (χ2v) is 8.51. The van der Waals surface area contributed by atoms with Crippen LogP contribution >= 0.6 is 12.2 Å². The van der Waals surface area contributed by atoms with Crippen molar-refractivity contribution in [3.05, 3.63) is 30.0 Å². The summed E-state index contributed by atoms with van der Waals surface area (Å²) in [6.45, 7) is 4.30. The van der Waals surface area contributed by atoms with E-state index in [2.05, 4.69) is 10.6 Å². The van der Waals surface area contributed by atoms with Crippen LogP contribution in [-0.2, 0) is 9.59 Å². The molecule has 2 aliphatic heterocycles. The Balaban J connectivity index is 1.37. The Kier molecular flexibility index (Phi) is 6.22. The zero-order valence-corrected chi connectivity index (χ0v) is 18.1. The number of anilines is 1.